The number of halogens is 2. The first-order valence-corrected chi connectivity index (χ1v) is 4.11. The normalized spacial score (nSPS) is 10.7. The lowest BCUT2D eigenvalue weighted by atomic mass is 10.2. The van der Waals surface area contributed by atoms with Crippen LogP contribution in [0.1, 0.15) is 12.5 Å². The second-order valence-corrected chi connectivity index (χ2v) is 2.99. The van der Waals surface area contributed by atoms with Crippen LogP contribution in [0.2, 0.25) is 5.02 Å². The molecule has 0 N–H and O–H groups in total. The molecule has 13 heavy (non-hydrogen) atoms. The van der Waals surface area contributed by atoms with E-state index >= 15 is 0 Å². The van der Waals surface area contributed by atoms with Crippen molar-refractivity contribution in [2.24, 2.45) is 0 Å². The first-order chi connectivity index (χ1) is 6.11. The van der Waals surface area contributed by atoms with Crippen molar-refractivity contribution in [2.45, 2.75) is 6.92 Å². The molecular weight excluding hydrogens is 191 g/mol. The van der Waals surface area contributed by atoms with E-state index in [9.17, 15) is 9.18 Å². The Morgan fingerprint density at radius 3 is 2.77 bits per heavy atom. The van der Waals surface area contributed by atoms with Gasteiger partial charge in [-0.2, -0.15) is 0 Å². The van der Waals surface area contributed by atoms with Gasteiger partial charge in [0.1, 0.15) is 5.82 Å². The van der Waals surface area contributed by atoms with Gasteiger partial charge < -0.3 is 0 Å². The molecule has 0 spiro atoms. The molecule has 0 fully saturated rings. The molecule has 3 heteroatoms. The Labute approximate surface area is 80.8 Å². The summed E-state index contributed by atoms with van der Waals surface area (Å²) in [7, 11) is 0. The highest BCUT2D eigenvalue weighted by Gasteiger charge is 2.02. The third-order valence-electron chi connectivity index (χ3n) is 1.48. The summed E-state index contributed by atoms with van der Waals surface area (Å²) in [6, 6.07) is 4.39. The van der Waals surface area contributed by atoms with E-state index in [1.807, 2.05) is 0 Å². The Morgan fingerprint density at radius 2 is 2.23 bits per heavy atom. The number of carbonyl (C=O) groups excluding carboxylic acids is 1. The Balaban J connectivity index is 3.06. The van der Waals surface area contributed by atoms with Gasteiger partial charge in [-0.1, -0.05) is 17.7 Å². The predicted octanol–water partition coefficient (Wildman–Crippen LogP) is 3.08. The zero-order chi connectivity index (χ0) is 9.84. The standard InChI is InChI=1S/C10H8ClFO/c1-7(13)5-6-8-9(11)3-2-4-10(8)12/h2-6H,1H3/b6-5-. The van der Waals surface area contributed by atoms with E-state index in [0.29, 0.717) is 5.02 Å². The zero-order valence-corrected chi connectivity index (χ0v) is 7.81. The highest BCUT2D eigenvalue weighted by molar-refractivity contribution is 6.32. The molecular formula is C10H8ClFO. The van der Waals surface area contributed by atoms with E-state index in [2.05, 4.69) is 0 Å². The summed E-state index contributed by atoms with van der Waals surface area (Å²) in [4.78, 5) is 10.6. The molecule has 0 aliphatic rings. The van der Waals surface area contributed by atoms with Crippen LogP contribution in [0.5, 0.6) is 0 Å². The molecule has 1 aromatic rings. The maximum Gasteiger partial charge on any atom is 0.152 e. The molecule has 0 saturated heterocycles. The van der Waals surface area contributed by atoms with Gasteiger partial charge in [-0.05, 0) is 31.2 Å². The van der Waals surface area contributed by atoms with Crippen molar-refractivity contribution in [3.63, 3.8) is 0 Å². The van der Waals surface area contributed by atoms with Crippen LogP contribution in [0.3, 0.4) is 0 Å². The van der Waals surface area contributed by atoms with Crippen molar-refractivity contribution in [3.05, 3.63) is 40.7 Å². The van der Waals surface area contributed by atoms with E-state index < -0.39 is 5.82 Å². The summed E-state index contributed by atoms with van der Waals surface area (Å²) in [5.41, 5.74) is 0.249. The van der Waals surface area contributed by atoms with Crippen molar-refractivity contribution in [1.82, 2.24) is 0 Å². The first kappa shape index (κ1) is 9.93. The molecule has 68 valence electrons. The van der Waals surface area contributed by atoms with Gasteiger partial charge in [0.15, 0.2) is 5.78 Å². The van der Waals surface area contributed by atoms with Crippen LogP contribution in [0.15, 0.2) is 24.3 Å². The molecule has 0 radical (unpaired) electrons. The fourth-order valence-corrected chi connectivity index (χ4v) is 1.10. The fourth-order valence-electron chi connectivity index (χ4n) is 0.871. The molecule has 0 aromatic heterocycles. The summed E-state index contributed by atoms with van der Waals surface area (Å²) in [6.45, 7) is 1.39. The Hall–Kier alpha value is -1.15. The molecule has 0 bridgehead atoms. The molecule has 0 unspecified atom stereocenters. The maximum absolute atomic E-state index is 13.1. The van der Waals surface area contributed by atoms with Gasteiger partial charge in [0.2, 0.25) is 0 Å². The van der Waals surface area contributed by atoms with Crippen LogP contribution in [0.25, 0.3) is 6.08 Å². The van der Waals surface area contributed by atoms with Crippen LogP contribution in [-0.2, 0) is 4.79 Å². The minimum atomic E-state index is -0.426. The minimum absolute atomic E-state index is 0.140. The number of carbonyl (C=O) groups is 1. The topological polar surface area (TPSA) is 17.1 Å². The van der Waals surface area contributed by atoms with Crippen LogP contribution in [0.4, 0.5) is 4.39 Å². The quantitative estimate of drug-likeness (QED) is 0.668. The Morgan fingerprint density at radius 1 is 1.54 bits per heavy atom. The van der Waals surface area contributed by atoms with Gasteiger partial charge in [-0.15, -0.1) is 0 Å². The lowest BCUT2D eigenvalue weighted by Gasteiger charge is -1.98. The van der Waals surface area contributed by atoms with Gasteiger partial charge in [0.05, 0.1) is 5.02 Å². The Kier molecular flexibility index (Phi) is 3.20. The van der Waals surface area contributed by atoms with E-state index in [1.54, 1.807) is 6.07 Å². The van der Waals surface area contributed by atoms with Crippen molar-refractivity contribution in [2.75, 3.05) is 0 Å². The number of benzene rings is 1. The van der Waals surface area contributed by atoms with Gasteiger partial charge in [-0.25, -0.2) is 4.39 Å². The number of allylic oxidation sites excluding steroid dienone is 1. The predicted molar refractivity (Wildman–Crippen MR) is 51.1 cm³/mol. The molecule has 0 atom stereocenters. The maximum atomic E-state index is 13.1. The van der Waals surface area contributed by atoms with Gasteiger partial charge in [-0.3, -0.25) is 4.79 Å². The SMILES string of the molecule is CC(=O)/C=C\c1c(F)cccc1Cl. The van der Waals surface area contributed by atoms with E-state index in [0.717, 1.165) is 0 Å². The number of rotatable bonds is 2. The molecule has 0 aliphatic carbocycles. The largest absolute Gasteiger partial charge is 0.295 e. The summed E-state index contributed by atoms with van der Waals surface area (Å²) >= 11 is 5.71. The molecule has 0 aliphatic heterocycles. The van der Waals surface area contributed by atoms with Gasteiger partial charge in [0.25, 0.3) is 0 Å². The van der Waals surface area contributed by atoms with E-state index in [1.165, 1.54) is 31.2 Å². The lowest BCUT2D eigenvalue weighted by molar-refractivity contribution is -0.112. The van der Waals surface area contributed by atoms with Crippen LogP contribution < -0.4 is 0 Å². The monoisotopic (exact) mass is 198 g/mol. The van der Waals surface area contributed by atoms with Crippen LogP contribution in [0, 0.1) is 5.82 Å². The Bertz CT molecular complexity index is 338. The molecule has 0 amide bonds. The smallest absolute Gasteiger partial charge is 0.152 e. The zero-order valence-electron chi connectivity index (χ0n) is 7.05. The van der Waals surface area contributed by atoms with Crippen molar-refractivity contribution >= 4 is 23.5 Å². The van der Waals surface area contributed by atoms with Crippen molar-refractivity contribution < 1.29 is 9.18 Å². The highest BCUT2D eigenvalue weighted by Crippen LogP contribution is 2.20. The fraction of sp³-hybridized carbons (Fsp3) is 0.100. The van der Waals surface area contributed by atoms with Crippen molar-refractivity contribution in [3.8, 4) is 0 Å². The van der Waals surface area contributed by atoms with E-state index in [4.69, 9.17) is 11.6 Å². The summed E-state index contributed by atoms with van der Waals surface area (Å²) in [5.74, 6) is -0.565. The molecule has 0 saturated carbocycles. The van der Waals surface area contributed by atoms with Gasteiger partial charge >= 0.3 is 0 Å². The first-order valence-electron chi connectivity index (χ1n) is 3.74. The van der Waals surface area contributed by atoms with Crippen LogP contribution in [-0.4, -0.2) is 5.78 Å². The van der Waals surface area contributed by atoms with Crippen LogP contribution >= 0.6 is 11.6 Å². The molecule has 1 aromatic carbocycles. The molecule has 1 nitrogen and oxygen atoms in total. The lowest BCUT2D eigenvalue weighted by Crippen LogP contribution is -1.85. The average Bonchev–Trinajstić information content (AvgIpc) is 2.03. The summed E-state index contributed by atoms with van der Waals surface area (Å²) < 4.78 is 13.1. The summed E-state index contributed by atoms with van der Waals surface area (Å²) in [5, 5.41) is 0.303. The second-order valence-electron chi connectivity index (χ2n) is 2.58. The average molecular weight is 199 g/mol. The third-order valence-corrected chi connectivity index (χ3v) is 1.81. The minimum Gasteiger partial charge on any atom is -0.295 e. The molecule has 1 rings (SSSR count). The van der Waals surface area contributed by atoms with Gasteiger partial charge in [0, 0.05) is 5.56 Å². The summed E-state index contributed by atoms with van der Waals surface area (Å²) in [6.07, 6.45) is 2.66. The second kappa shape index (κ2) is 4.19. The number of ketones is 1. The van der Waals surface area contributed by atoms with E-state index in [-0.39, 0.29) is 11.3 Å². The third kappa shape index (κ3) is 2.67. The number of hydrogen-bond acceptors (Lipinski definition) is 1. The molecule has 0 heterocycles. The van der Waals surface area contributed by atoms with Crippen molar-refractivity contribution in [1.29, 1.82) is 0 Å². The number of hydrogen-bond donors (Lipinski definition) is 0. The highest BCUT2D eigenvalue weighted by atomic mass is 35.5.